The maximum absolute atomic E-state index is 12.3. The molecule has 2 atom stereocenters. The third-order valence-electron chi connectivity index (χ3n) is 3.75. The van der Waals surface area contributed by atoms with E-state index in [0.29, 0.717) is 24.0 Å². The van der Waals surface area contributed by atoms with Crippen molar-refractivity contribution >= 4 is 17.6 Å². The summed E-state index contributed by atoms with van der Waals surface area (Å²) in [6.07, 6.45) is 3.41. The number of anilines is 1. The number of esters is 1. The second-order valence-corrected chi connectivity index (χ2v) is 5.51. The Hall–Kier alpha value is -1.82. The standard InChI is InChI=1S/C15H23N3O3/c1-4-21-15(20)13-8-12(9-18(13)3)17-14(19)11-5-6-16-10(2)7-11/h8-11,16H,4-7H2,1-3H3,(H,17,19)/t10-,11-/m0/s1. The van der Waals surface area contributed by atoms with Crippen molar-refractivity contribution in [1.82, 2.24) is 9.88 Å². The third-order valence-corrected chi connectivity index (χ3v) is 3.75. The van der Waals surface area contributed by atoms with E-state index in [2.05, 4.69) is 17.6 Å². The van der Waals surface area contributed by atoms with Crippen LogP contribution in [-0.2, 0) is 16.6 Å². The maximum atomic E-state index is 12.3. The predicted octanol–water partition coefficient (Wildman–Crippen LogP) is 1.53. The largest absolute Gasteiger partial charge is 0.461 e. The van der Waals surface area contributed by atoms with Crippen molar-refractivity contribution < 1.29 is 14.3 Å². The van der Waals surface area contributed by atoms with Gasteiger partial charge in [-0.25, -0.2) is 4.79 Å². The second kappa shape index (κ2) is 6.76. The number of amides is 1. The molecule has 6 heteroatoms. The van der Waals surface area contributed by atoms with Crippen LogP contribution in [0.5, 0.6) is 0 Å². The average Bonchev–Trinajstić information content (AvgIpc) is 2.80. The molecular weight excluding hydrogens is 270 g/mol. The van der Waals surface area contributed by atoms with Crippen molar-refractivity contribution in [3.63, 3.8) is 0 Å². The monoisotopic (exact) mass is 293 g/mol. The van der Waals surface area contributed by atoms with Gasteiger partial charge in [-0.1, -0.05) is 0 Å². The van der Waals surface area contributed by atoms with Crippen LogP contribution in [0.1, 0.15) is 37.2 Å². The summed E-state index contributed by atoms with van der Waals surface area (Å²) in [6, 6.07) is 2.01. The molecule has 0 aromatic carbocycles. The number of carbonyl (C=O) groups is 2. The lowest BCUT2D eigenvalue weighted by molar-refractivity contribution is -0.120. The fraction of sp³-hybridized carbons (Fsp3) is 0.600. The van der Waals surface area contributed by atoms with Gasteiger partial charge in [-0.15, -0.1) is 0 Å². The second-order valence-electron chi connectivity index (χ2n) is 5.51. The first-order valence-corrected chi connectivity index (χ1v) is 7.39. The highest BCUT2D eigenvalue weighted by Crippen LogP contribution is 2.20. The van der Waals surface area contributed by atoms with Crippen LogP contribution in [0.25, 0.3) is 0 Å². The molecule has 1 aliphatic heterocycles. The van der Waals surface area contributed by atoms with E-state index in [0.717, 1.165) is 19.4 Å². The van der Waals surface area contributed by atoms with Gasteiger partial charge in [0, 0.05) is 25.2 Å². The quantitative estimate of drug-likeness (QED) is 0.826. The van der Waals surface area contributed by atoms with E-state index in [1.165, 1.54) is 0 Å². The van der Waals surface area contributed by atoms with E-state index in [9.17, 15) is 9.59 Å². The van der Waals surface area contributed by atoms with Crippen LogP contribution in [-0.4, -0.2) is 35.6 Å². The average molecular weight is 293 g/mol. The van der Waals surface area contributed by atoms with Gasteiger partial charge < -0.3 is 19.9 Å². The fourth-order valence-electron chi connectivity index (χ4n) is 2.66. The molecule has 116 valence electrons. The molecule has 6 nitrogen and oxygen atoms in total. The van der Waals surface area contributed by atoms with Gasteiger partial charge in [0.2, 0.25) is 5.91 Å². The van der Waals surface area contributed by atoms with Crippen LogP contribution < -0.4 is 10.6 Å². The summed E-state index contributed by atoms with van der Waals surface area (Å²) < 4.78 is 6.64. The molecule has 1 amide bonds. The Morgan fingerprint density at radius 2 is 2.29 bits per heavy atom. The van der Waals surface area contributed by atoms with E-state index in [1.807, 2.05) is 0 Å². The molecular formula is C15H23N3O3. The number of aromatic nitrogens is 1. The number of aryl methyl sites for hydroxylation is 1. The van der Waals surface area contributed by atoms with Crippen molar-refractivity contribution in [2.75, 3.05) is 18.5 Å². The van der Waals surface area contributed by atoms with E-state index >= 15 is 0 Å². The number of hydrogen-bond acceptors (Lipinski definition) is 4. The molecule has 21 heavy (non-hydrogen) atoms. The summed E-state index contributed by atoms with van der Waals surface area (Å²) in [7, 11) is 1.76. The van der Waals surface area contributed by atoms with Gasteiger partial charge >= 0.3 is 5.97 Å². The summed E-state index contributed by atoms with van der Waals surface area (Å²) in [5, 5.41) is 6.22. The van der Waals surface area contributed by atoms with Crippen LogP contribution in [0.2, 0.25) is 0 Å². The minimum Gasteiger partial charge on any atom is -0.461 e. The highest BCUT2D eigenvalue weighted by Gasteiger charge is 2.25. The summed E-state index contributed by atoms with van der Waals surface area (Å²) >= 11 is 0. The van der Waals surface area contributed by atoms with Crippen molar-refractivity contribution in [3.8, 4) is 0 Å². The molecule has 2 heterocycles. The van der Waals surface area contributed by atoms with Gasteiger partial charge in [0.15, 0.2) is 0 Å². The summed E-state index contributed by atoms with van der Waals surface area (Å²) in [4.78, 5) is 24.0. The first kappa shape index (κ1) is 15.6. The molecule has 0 aliphatic carbocycles. The van der Waals surface area contributed by atoms with E-state index in [4.69, 9.17) is 4.74 Å². The zero-order valence-corrected chi connectivity index (χ0v) is 12.8. The first-order valence-electron chi connectivity index (χ1n) is 7.39. The van der Waals surface area contributed by atoms with Gasteiger partial charge in [-0.05, 0) is 39.3 Å². The lowest BCUT2D eigenvalue weighted by Gasteiger charge is -2.26. The third kappa shape index (κ3) is 3.85. The molecule has 1 saturated heterocycles. The Balaban J connectivity index is 2.01. The van der Waals surface area contributed by atoms with Crippen molar-refractivity contribution in [2.45, 2.75) is 32.7 Å². The number of carbonyl (C=O) groups excluding carboxylic acids is 2. The normalized spacial score (nSPS) is 21.9. The molecule has 0 unspecified atom stereocenters. The highest BCUT2D eigenvalue weighted by molar-refractivity contribution is 5.95. The van der Waals surface area contributed by atoms with Gasteiger partial charge in [-0.3, -0.25) is 4.79 Å². The summed E-state index contributed by atoms with van der Waals surface area (Å²) in [6.45, 7) is 5.05. The van der Waals surface area contributed by atoms with E-state index in [-0.39, 0.29) is 17.8 Å². The van der Waals surface area contributed by atoms with Crippen molar-refractivity contribution in [2.24, 2.45) is 13.0 Å². The predicted molar refractivity (Wildman–Crippen MR) is 80.2 cm³/mol. The highest BCUT2D eigenvalue weighted by atomic mass is 16.5. The zero-order valence-electron chi connectivity index (χ0n) is 12.8. The number of nitrogens with zero attached hydrogens (tertiary/aromatic N) is 1. The molecule has 1 fully saturated rings. The molecule has 2 N–H and O–H groups in total. The topological polar surface area (TPSA) is 72.4 Å². The fourth-order valence-corrected chi connectivity index (χ4v) is 2.66. The molecule has 1 aromatic heterocycles. The first-order chi connectivity index (χ1) is 10.0. The minimum absolute atomic E-state index is 0.0179. The number of rotatable bonds is 4. The summed E-state index contributed by atoms with van der Waals surface area (Å²) in [5.41, 5.74) is 1.07. The number of nitrogens with one attached hydrogen (secondary N) is 2. The van der Waals surface area contributed by atoms with Gasteiger partial charge in [0.05, 0.1) is 12.3 Å². The van der Waals surface area contributed by atoms with Gasteiger partial charge in [0.25, 0.3) is 0 Å². The van der Waals surface area contributed by atoms with E-state index in [1.54, 1.807) is 30.8 Å². The molecule has 1 aliphatic rings. The Bertz CT molecular complexity index is 524. The van der Waals surface area contributed by atoms with Crippen LogP contribution in [0.15, 0.2) is 12.3 Å². The Labute approximate surface area is 124 Å². The lowest BCUT2D eigenvalue weighted by Crippen LogP contribution is -2.40. The van der Waals surface area contributed by atoms with Crippen LogP contribution in [0, 0.1) is 5.92 Å². The number of hydrogen-bond donors (Lipinski definition) is 2. The Kier molecular flexibility index (Phi) is 5.01. The smallest absolute Gasteiger partial charge is 0.355 e. The van der Waals surface area contributed by atoms with Gasteiger partial charge in [0.1, 0.15) is 5.69 Å². The molecule has 0 radical (unpaired) electrons. The molecule has 0 saturated carbocycles. The molecule has 1 aromatic rings. The molecule has 2 rings (SSSR count). The summed E-state index contributed by atoms with van der Waals surface area (Å²) in [5.74, 6) is -0.340. The van der Waals surface area contributed by atoms with Crippen LogP contribution in [0.4, 0.5) is 5.69 Å². The number of ether oxygens (including phenoxy) is 1. The van der Waals surface area contributed by atoms with Crippen molar-refractivity contribution in [3.05, 3.63) is 18.0 Å². The lowest BCUT2D eigenvalue weighted by atomic mass is 9.92. The van der Waals surface area contributed by atoms with E-state index < -0.39 is 0 Å². The zero-order chi connectivity index (χ0) is 15.4. The van der Waals surface area contributed by atoms with Crippen molar-refractivity contribution in [1.29, 1.82) is 0 Å². The maximum Gasteiger partial charge on any atom is 0.355 e. The molecule has 0 bridgehead atoms. The Morgan fingerprint density at radius 3 is 2.95 bits per heavy atom. The number of piperidine rings is 1. The van der Waals surface area contributed by atoms with Gasteiger partial charge in [-0.2, -0.15) is 0 Å². The SMILES string of the molecule is CCOC(=O)c1cc(NC(=O)[C@H]2CCN[C@@H](C)C2)cn1C. The van der Waals surface area contributed by atoms with Crippen LogP contribution >= 0.6 is 0 Å². The Morgan fingerprint density at radius 1 is 1.52 bits per heavy atom. The molecule has 0 spiro atoms. The minimum atomic E-state index is -0.379. The van der Waals surface area contributed by atoms with Crippen LogP contribution in [0.3, 0.4) is 0 Å².